The molecular weight excluding hydrogens is 457 g/mol. The zero-order chi connectivity index (χ0) is 23.6. The summed E-state index contributed by atoms with van der Waals surface area (Å²) in [6, 6.07) is 6.05. The van der Waals surface area contributed by atoms with Crippen LogP contribution in [-0.2, 0) is 11.0 Å². The number of amides is 1. The van der Waals surface area contributed by atoms with Gasteiger partial charge in [-0.2, -0.15) is 13.2 Å². The van der Waals surface area contributed by atoms with Crippen molar-refractivity contribution < 1.29 is 22.7 Å². The van der Waals surface area contributed by atoms with E-state index in [-0.39, 0.29) is 10.8 Å². The van der Waals surface area contributed by atoms with Crippen LogP contribution in [0, 0.1) is 0 Å². The van der Waals surface area contributed by atoms with Crippen LogP contribution in [0.25, 0.3) is 10.2 Å². The van der Waals surface area contributed by atoms with E-state index in [1.54, 1.807) is 18.2 Å². The molecule has 2 N–H and O–H groups in total. The van der Waals surface area contributed by atoms with E-state index >= 15 is 0 Å². The third-order valence-corrected chi connectivity index (χ3v) is 6.49. The van der Waals surface area contributed by atoms with Gasteiger partial charge < -0.3 is 15.4 Å². The Bertz CT molecular complexity index is 1130. The molecule has 33 heavy (non-hydrogen) atoms. The van der Waals surface area contributed by atoms with E-state index in [0.29, 0.717) is 17.9 Å². The smallest absolute Gasteiger partial charge is 0.433 e. The standard InChI is InChI=1S/C21H23F3N6O2S/c1-29-6-8-30(9-7-29)10-11-32-13-2-3-14-15(12-13)33-20(27-14)17(18(25)31)19-26-5-4-16(28-19)21(22,23)24/h2-5,12,17H,6-11H2,1H3,(H2,25,31). The number of halogens is 3. The number of ether oxygens (including phenoxy) is 1. The second kappa shape index (κ2) is 9.57. The minimum Gasteiger partial charge on any atom is -0.492 e. The molecule has 4 rings (SSSR count). The lowest BCUT2D eigenvalue weighted by molar-refractivity contribution is -0.141. The number of hydrogen-bond donors (Lipinski definition) is 1. The van der Waals surface area contributed by atoms with E-state index < -0.39 is 23.7 Å². The van der Waals surface area contributed by atoms with Crippen molar-refractivity contribution in [3.8, 4) is 5.75 Å². The van der Waals surface area contributed by atoms with Gasteiger partial charge in [0.2, 0.25) is 5.91 Å². The number of hydrogen-bond acceptors (Lipinski definition) is 8. The largest absolute Gasteiger partial charge is 0.492 e. The predicted molar refractivity (Wildman–Crippen MR) is 117 cm³/mol. The quantitative estimate of drug-likeness (QED) is 0.554. The van der Waals surface area contributed by atoms with Crippen LogP contribution < -0.4 is 10.5 Å². The maximum atomic E-state index is 13.0. The molecule has 8 nitrogen and oxygen atoms in total. The Balaban J connectivity index is 1.50. The van der Waals surface area contributed by atoms with Crippen molar-refractivity contribution in [2.75, 3.05) is 46.4 Å². The van der Waals surface area contributed by atoms with Crippen LogP contribution in [0.3, 0.4) is 0 Å². The van der Waals surface area contributed by atoms with E-state index in [1.807, 2.05) is 0 Å². The van der Waals surface area contributed by atoms with Crippen LogP contribution in [0.15, 0.2) is 30.5 Å². The fourth-order valence-corrected chi connectivity index (χ4v) is 4.63. The number of thiazole rings is 1. The van der Waals surface area contributed by atoms with Crippen LogP contribution in [0.4, 0.5) is 13.2 Å². The van der Waals surface area contributed by atoms with Crippen LogP contribution in [0.2, 0.25) is 0 Å². The Morgan fingerprint density at radius 1 is 1.21 bits per heavy atom. The highest BCUT2D eigenvalue weighted by Gasteiger charge is 2.35. The van der Waals surface area contributed by atoms with Gasteiger partial charge in [0, 0.05) is 38.9 Å². The fourth-order valence-electron chi connectivity index (χ4n) is 3.53. The number of likely N-dealkylation sites (N-methyl/N-ethyl adjacent to an activating group) is 1. The molecule has 176 valence electrons. The number of benzene rings is 1. The third kappa shape index (κ3) is 5.57. The second-order valence-electron chi connectivity index (χ2n) is 7.81. The summed E-state index contributed by atoms with van der Waals surface area (Å²) in [5.74, 6) is -1.85. The van der Waals surface area contributed by atoms with E-state index in [0.717, 1.165) is 61.0 Å². The number of nitrogens with zero attached hydrogens (tertiary/aromatic N) is 5. The summed E-state index contributed by atoms with van der Waals surface area (Å²) in [7, 11) is 2.11. The fraction of sp³-hybridized carbons (Fsp3) is 0.429. The number of primary amides is 1. The average Bonchev–Trinajstić information content (AvgIpc) is 3.17. The Kier molecular flexibility index (Phi) is 6.77. The Morgan fingerprint density at radius 2 is 1.97 bits per heavy atom. The van der Waals surface area contributed by atoms with E-state index in [1.165, 1.54) is 0 Å². The van der Waals surface area contributed by atoms with E-state index in [4.69, 9.17) is 10.5 Å². The molecule has 12 heteroatoms. The number of piperazine rings is 1. The minimum absolute atomic E-state index is 0.228. The molecule has 3 aromatic rings. The Hall–Kier alpha value is -2.83. The molecule has 0 spiro atoms. The summed E-state index contributed by atoms with van der Waals surface area (Å²) < 4.78 is 45.7. The molecule has 1 fully saturated rings. The molecule has 1 saturated heterocycles. The van der Waals surface area contributed by atoms with Crippen molar-refractivity contribution >= 4 is 27.5 Å². The van der Waals surface area contributed by atoms with Gasteiger partial charge in [0.15, 0.2) is 0 Å². The van der Waals surface area contributed by atoms with Crippen molar-refractivity contribution in [2.45, 2.75) is 12.1 Å². The molecule has 3 heterocycles. The average molecular weight is 481 g/mol. The van der Waals surface area contributed by atoms with Crippen molar-refractivity contribution in [1.82, 2.24) is 24.8 Å². The number of carbonyl (C=O) groups is 1. The first-order valence-electron chi connectivity index (χ1n) is 10.3. The molecule has 0 saturated carbocycles. The van der Waals surface area contributed by atoms with Crippen LogP contribution in [-0.4, -0.2) is 77.0 Å². The van der Waals surface area contributed by atoms with E-state index in [9.17, 15) is 18.0 Å². The summed E-state index contributed by atoms with van der Waals surface area (Å²) in [6.07, 6.45) is -3.70. The third-order valence-electron chi connectivity index (χ3n) is 5.40. The summed E-state index contributed by atoms with van der Waals surface area (Å²) in [4.78, 5) is 28.5. The zero-order valence-electron chi connectivity index (χ0n) is 17.9. The number of nitrogens with two attached hydrogens (primary N) is 1. The first-order valence-corrected chi connectivity index (χ1v) is 11.2. The van der Waals surface area contributed by atoms with Crippen molar-refractivity contribution in [1.29, 1.82) is 0 Å². The topological polar surface area (TPSA) is 97.5 Å². The predicted octanol–water partition coefficient (Wildman–Crippen LogP) is 2.35. The lowest BCUT2D eigenvalue weighted by Crippen LogP contribution is -2.45. The highest BCUT2D eigenvalue weighted by atomic mass is 32.1. The summed E-state index contributed by atoms with van der Waals surface area (Å²) in [5, 5.41) is 0.228. The van der Waals surface area contributed by atoms with Crippen LogP contribution in [0.1, 0.15) is 22.4 Å². The molecule has 1 aliphatic rings. The van der Waals surface area contributed by atoms with Crippen molar-refractivity contribution in [3.05, 3.63) is 47.0 Å². The Morgan fingerprint density at radius 3 is 2.67 bits per heavy atom. The van der Waals surface area contributed by atoms with Gasteiger partial charge in [0.1, 0.15) is 34.8 Å². The normalized spacial score (nSPS) is 16.7. The molecule has 1 amide bonds. The van der Waals surface area contributed by atoms with Gasteiger partial charge in [-0.25, -0.2) is 15.0 Å². The monoisotopic (exact) mass is 480 g/mol. The lowest BCUT2D eigenvalue weighted by atomic mass is 10.1. The molecular formula is C21H23F3N6O2S. The highest BCUT2D eigenvalue weighted by molar-refractivity contribution is 7.18. The SMILES string of the molecule is CN1CCN(CCOc2ccc3nc(C(C(N)=O)c4nccc(C(F)(F)F)n4)sc3c2)CC1. The summed E-state index contributed by atoms with van der Waals surface area (Å²) in [5.41, 5.74) is 4.93. The molecule has 0 radical (unpaired) electrons. The highest BCUT2D eigenvalue weighted by Crippen LogP contribution is 2.34. The molecule has 1 aliphatic heterocycles. The van der Waals surface area contributed by atoms with Gasteiger partial charge in [-0.05, 0) is 31.3 Å². The molecule has 2 aromatic heterocycles. The number of aromatic nitrogens is 3. The summed E-state index contributed by atoms with van der Waals surface area (Å²) >= 11 is 1.15. The molecule has 1 aromatic carbocycles. The van der Waals surface area contributed by atoms with Crippen molar-refractivity contribution in [3.63, 3.8) is 0 Å². The van der Waals surface area contributed by atoms with Gasteiger partial charge in [-0.1, -0.05) is 0 Å². The molecule has 1 unspecified atom stereocenters. The number of carbonyl (C=O) groups excluding carboxylic acids is 1. The summed E-state index contributed by atoms with van der Waals surface area (Å²) in [6.45, 7) is 5.42. The lowest BCUT2D eigenvalue weighted by Gasteiger charge is -2.32. The molecule has 0 aliphatic carbocycles. The maximum absolute atomic E-state index is 13.0. The Labute approximate surface area is 192 Å². The van der Waals surface area contributed by atoms with Crippen LogP contribution >= 0.6 is 11.3 Å². The minimum atomic E-state index is -4.66. The van der Waals surface area contributed by atoms with Gasteiger partial charge in [0.25, 0.3) is 0 Å². The van der Waals surface area contributed by atoms with E-state index in [2.05, 4.69) is 31.8 Å². The first-order chi connectivity index (χ1) is 15.7. The molecule has 1 atom stereocenters. The van der Waals surface area contributed by atoms with Gasteiger partial charge in [-0.3, -0.25) is 9.69 Å². The second-order valence-corrected chi connectivity index (χ2v) is 8.87. The number of fused-ring (bicyclic) bond motifs is 1. The number of rotatable bonds is 7. The van der Waals surface area contributed by atoms with Gasteiger partial charge >= 0.3 is 6.18 Å². The zero-order valence-corrected chi connectivity index (χ0v) is 18.7. The first kappa shape index (κ1) is 23.3. The molecule has 0 bridgehead atoms. The number of alkyl halides is 3. The van der Waals surface area contributed by atoms with Gasteiger partial charge in [0.05, 0.1) is 10.2 Å². The van der Waals surface area contributed by atoms with Gasteiger partial charge in [-0.15, -0.1) is 11.3 Å². The van der Waals surface area contributed by atoms with Crippen molar-refractivity contribution in [2.24, 2.45) is 5.73 Å². The van der Waals surface area contributed by atoms with Crippen LogP contribution in [0.5, 0.6) is 5.75 Å². The maximum Gasteiger partial charge on any atom is 0.433 e.